The van der Waals surface area contributed by atoms with Gasteiger partial charge >= 0.3 is 0 Å². The number of nitrogens with one attached hydrogen (secondary N) is 1. The summed E-state index contributed by atoms with van der Waals surface area (Å²) in [6.07, 6.45) is 8.21. The molecule has 212 valence electrons. The first kappa shape index (κ1) is 26.7. The van der Waals surface area contributed by atoms with Gasteiger partial charge in [-0.15, -0.1) is 0 Å². The highest BCUT2D eigenvalue weighted by molar-refractivity contribution is 7.97. The van der Waals surface area contributed by atoms with Crippen molar-refractivity contribution in [3.05, 3.63) is 69.8 Å². The molecule has 0 radical (unpaired) electrons. The molecule has 4 bridgehead atoms. The van der Waals surface area contributed by atoms with Crippen LogP contribution in [-0.2, 0) is 16.6 Å². The quantitative estimate of drug-likeness (QED) is 0.297. The Morgan fingerprint density at radius 3 is 2.80 bits per heavy atom. The summed E-state index contributed by atoms with van der Waals surface area (Å²) in [5.74, 6) is 3.26. The molecule has 1 saturated carbocycles. The van der Waals surface area contributed by atoms with Gasteiger partial charge in [0.1, 0.15) is 5.75 Å². The number of hydrogen-bond donors (Lipinski definition) is 1. The maximum Gasteiger partial charge on any atom is 0.261 e. The van der Waals surface area contributed by atoms with Gasteiger partial charge in [0.05, 0.1) is 18.4 Å². The van der Waals surface area contributed by atoms with Crippen LogP contribution in [0.4, 0.5) is 5.69 Å². The average molecular weight is 579 g/mol. The second-order valence-electron chi connectivity index (χ2n) is 13.4. The first-order valence-corrected chi connectivity index (χ1v) is 16.1. The molecule has 1 amide bonds. The fourth-order valence-corrected chi connectivity index (χ4v) is 8.86. The van der Waals surface area contributed by atoms with Gasteiger partial charge in [0.15, 0.2) is 0 Å². The predicted octanol–water partition coefficient (Wildman–Crippen LogP) is 6.83. The van der Waals surface area contributed by atoms with Crippen LogP contribution < -0.4 is 14.4 Å². The molecule has 2 aromatic carbocycles. The normalized spacial score (nSPS) is 32.5. The van der Waals surface area contributed by atoms with Crippen LogP contribution >= 0.6 is 23.5 Å². The summed E-state index contributed by atoms with van der Waals surface area (Å²) in [4.78, 5) is 15.8. The van der Waals surface area contributed by atoms with Gasteiger partial charge < -0.3 is 14.4 Å². The van der Waals surface area contributed by atoms with Crippen molar-refractivity contribution < 1.29 is 14.3 Å². The number of benzene rings is 2. The number of fused-ring (bicyclic) bond motifs is 6. The van der Waals surface area contributed by atoms with E-state index in [0.29, 0.717) is 29.9 Å². The summed E-state index contributed by atoms with van der Waals surface area (Å²) in [5, 5.41) is 0.797. The number of amides is 1. The van der Waals surface area contributed by atoms with Gasteiger partial charge in [-0.2, -0.15) is 0 Å². The van der Waals surface area contributed by atoms with Crippen molar-refractivity contribution in [1.29, 1.82) is 0 Å². The Morgan fingerprint density at radius 2 is 2.02 bits per heavy atom. The molecule has 6 aliphatic rings. The predicted molar refractivity (Wildman–Crippen MR) is 163 cm³/mol. The third-order valence-electron chi connectivity index (χ3n) is 10.5. The van der Waals surface area contributed by atoms with Crippen LogP contribution in [0.5, 0.6) is 5.75 Å². The number of carbonyl (C=O) groups excluding carboxylic acids is 1. The van der Waals surface area contributed by atoms with Crippen LogP contribution in [0.2, 0.25) is 5.02 Å². The van der Waals surface area contributed by atoms with Crippen LogP contribution in [0.25, 0.3) is 0 Å². The summed E-state index contributed by atoms with van der Waals surface area (Å²) in [5.41, 5.74) is 5.88. The zero-order valence-corrected chi connectivity index (χ0v) is 25.2. The number of hydrogen-bond acceptors (Lipinski definition) is 5. The van der Waals surface area contributed by atoms with Crippen LogP contribution in [0, 0.1) is 23.2 Å². The van der Waals surface area contributed by atoms with Crippen LogP contribution in [0.15, 0.2) is 48.0 Å². The zero-order chi connectivity index (χ0) is 27.6. The summed E-state index contributed by atoms with van der Waals surface area (Å²) >= 11 is 7.91. The van der Waals surface area contributed by atoms with Crippen LogP contribution in [0.1, 0.15) is 61.0 Å². The van der Waals surface area contributed by atoms with Crippen molar-refractivity contribution in [1.82, 2.24) is 4.72 Å². The van der Waals surface area contributed by atoms with Gasteiger partial charge in [0.2, 0.25) is 0 Å². The van der Waals surface area contributed by atoms with E-state index >= 15 is 0 Å². The Kier molecular flexibility index (Phi) is 6.68. The first-order valence-electron chi connectivity index (χ1n) is 14.7. The summed E-state index contributed by atoms with van der Waals surface area (Å²) in [6.45, 7) is 7.06. The number of methoxy groups -OCH3 is 1. The largest absolute Gasteiger partial charge is 0.490 e. The number of aryl methyl sites for hydroxylation is 1. The molecular formula is C33H39ClN2O3S. The van der Waals surface area contributed by atoms with E-state index in [1.807, 2.05) is 25.3 Å². The summed E-state index contributed by atoms with van der Waals surface area (Å²) in [6, 6.07) is 12.3. The number of nitrogens with zero attached hydrogens (tertiary/aromatic N) is 1. The number of allylic oxidation sites excluding steroid dienone is 1. The Labute approximate surface area is 247 Å². The second kappa shape index (κ2) is 9.99. The van der Waals surface area contributed by atoms with Crippen molar-refractivity contribution in [2.24, 2.45) is 23.2 Å². The molecule has 3 heterocycles. The second-order valence-corrected chi connectivity index (χ2v) is 14.6. The van der Waals surface area contributed by atoms with Gasteiger partial charge in [-0.05, 0) is 114 Å². The van der Waals surface area contributed by atoms with Gasteiger partial charge in [-0.3, -0.25) is 9.52 Å². The molecule has 0 saturated heterocycles. The minimum atomic E-state index is -0.104. The Morgan fingerprint density at radius 1 is 1.18 bits per heavy atom. The van der Waals surface area contributed by atoms with Crippen molar-refractivity contribution in [3.63, 3.8) is 0 Å². The monoisotopic (exact) mass is 578 g/mol. The number of halogens is 1. The maximum atomic E-state index is 13.3. The lowest BCUT2D eigenvalue weighted by Crippen LogP contribution is -2.49. The SMILES string of the molecule is COC1C2=CC(C2)C(C)(C)CSNC(=O)c2ccc3c(c2)N(CC2CCC21)CC1(CCc2cc(Cl)ccc21)CO3. The lowest BCUT2D eigenvalue weighted by Gasteiger charge is -2.48. The van der Waals surface area contributed by atoms with E-state index in [0.717, 1.165) is 54.6 Å². The Balaban J connectivity index is 1.27. The Hall–Kier alpha value is -2.15. The van der Waals surface area contributed by atoms with Crippen LogP contribution in [-0.4, -0.2) is 44.6 Å². The first-order chi connectivity index (χ1) is 19.3. The van der Waals surface area contributed by atoms with E-state index in [4.69, 9.17) is 21.1 Å². The highest BCUT2D eigenvalue weighted by Crippen LogP contribution is 2.51. The van der Waals surface area contributed by atoms with E-state index in [2.05, 4.69) is 47.7 Å². The summed E-state index contributed by atoms with van der Waals surface area (Å²) < 4.78 is 15.9. The van der Waals surface area contributed by atoms with E-state index < -0.39 is 0 Å². The number of ether oxygens (including phenoxy) is 2. The third kappa shape index (κ3) is 4.46. The molecule has 8 rings (SSSR count). The topological polar surface area (TPSA) is 50.8 Å². The average Bonchev–Trinajstić information content (AvgIpc) is 3.14. The fourth-order valence-electron chi connectivity index (χ4n) is 7.76. The van der Waals surface area contributed by atoms with Gasteiger partial charge in [-0.25, -0.2) is 0 Å². The fraction of sp³-hybridized carbons (Fsp3) is 0.545. The molecule has 5 unspecified atom stereocenters. The molecular weight excluding hydrogens is 540 g/mol. The smallest absolute Gasteiger partial charge is 0.261 e. The molecule has 1 fully saturated rings. The number of carbonyl (C=O) groups is 1. The highest BCUT2D eigenvalue weighted by atomic mass is 35.5. The molecule has 3 aliphatic carbocycles. The van der Waals surface area contributed by atoms with E-state index in [-0.39, 0.29) is 22.8 Å². The van der Waals surface area contributed by atoms with E-state index in [9.17, 15) is 4.79 Å². The molecule has 5 nitrogen and oxygen atoms in total. The Bertz CT molecular complexity index is 1380. The molecule has 3 aliphatic heterocycles. The molecule has 7 heteroatoms. The zero-order valence-electron chi connectivity index (χ0n) is 23.7. The summed E-state index contributed by atoms with van der Waals surface area (Å²) in [7, 11) is 1.89. The van der Waals surface area contributed by atoms with Crippen LogP contribution in [0.3, 0.4) is 0 Å². The van der Waals surface area contributed by atoms with Gasteiger partial charge in [0.25, 0.3) is 5.91 Å². The molecule has 1 N–H and O–H groups in total. The van der Waals surface area contributed by atoms with E-state index in [1.54, 1.807) is 0 Å². The molecule has 2 aromatic rings. The van der Waals surface area contributed by atoms with Crippen molar-refractivity contribution in [2.75, 3.05) is 37.5 Å². The number of rotatable bonds is 1. The molecule has 40 heavy (non-hydrogen) atoms. The lowest BCUT2D eigenvalue weighted by atomic mass is 9.62. The minimum Gasteiger partial charge on any atom is -0.490 e. The standard InChI is InChI=1S/C33H39ClN2O3S/c1-32(2)19-40-35-31(37)21-5-9-29-28(15-21)36(16-22-4-7-26(22)30(38-3)23-12-24(32)13-23)17-33(18-39-29)11-10-20-14-25(34)6-8-27(20)33/h5-6,8-9,12,14-15,22,24,26,30H,4,7,10-11,13,16-19H2,1-3H3,(H,35,37). The van der Waals surface area contributed by atoms with Crippen molar-refractivity contribution >= 4 is 35.1 Å². The molecule has 1 spiro atoms. The molecule has 5 atom stereocenters. The van der Waals surface area contributed by atoms with E-state index in [1.165, 1.54) is 41.5 Å². The molecule has 0 aromatic heterocycles. The maximum absolute atomic E-state index is 13.3. The van der Waals surface area contributed by atoms with Crippen molar-refractivity contribution in [3.8, 4) is 5.75 Å². The number of anilines is 1. The minimum absolute atomic E-state index is 0.0405. The lowest BCUT2D eigenvalue weighted by molar-refractivity contribution is -0.00179. The van der Waals surface area contributed by atoms with Gasteiger partial charge in [-0.1, -0.05) is 37.6 Å². The highest BCUT2D eigenvalue weighted by Gasteiger charge is 2.47. The third-order valence-corrected chi connectivity index (χ3v) is 11.9. The van der Waals surface area contributed by atoms with Gasteiger partial charge in [0, 0.05) is 42.0 Å². The van der Waals surface area contributed by atoms with Crippen molar-refractivity contribution in [2.45, 2.75) is 57.5 Å².